The maximum absolute atomic E-state index is 12.7. The summed E-state index contributed by atoms with van der Waals surface area (Å²) >= 11 is 0. The molecule has 6 nitrogen and oxygen atoms in total. The van der Waals surface area contributed by atoms with Crippen LogP contribution in [0.3, 0.4) is 0 Å². The Morgan fingerprint density at radius 1 is 1.24 bits per heavy atom. The lowest BCUT2D eigenvalue weighted by molar-refractivity contribution is -0.128. The van der Waals surface area contributed by atoms with Crippen LogP contribution in [-0.2, 0) is 14.9 Å². The van der Waals surface area contributed by atoms with Gasteiger partial charge in [-0.05, 0) is 31.5 Å². The molecule has 0 radical (unpaired) electrons. The fourth-order valence-corrected chi connectivity index (χ4v) is 2.74. The van der Waals surface area contributed by atoms with Gasteiger partial charge in [-0.15, -0.1) is 0 Å². The molecule has 0 aliphatic carbocycles. The van der Waals surface area contributed by atoms with E-state index in [-0.39, 0.29) is 19.1 Å². The second-order valence-corrected chi connectivity index (χ2v) is 5.12. The average molecular weight is 291 g/mol. The molecule has 0 atom stereocenters. The van der Waals surface area contributed by atoms with Crippen LogP contribution in [0.25, 0.3) is 0 Å². The van der Waals surface area contributed by atoms with Gasteiger partial charge in [0.15, 0.2) is 0 Å². The number of nitrogens with one attached hydrogen (secondary N) is 2. The number of ether oxygens (including phenoxy) is 1. The third-order valence-corrected chi connectivity index (χ3v) is 3.85. The second-order valence-electron chi connectivity index (χ2n) is 5.12. The lowest BCUT2D eigenvalue weighted by Crippen LogP contribution is -2.51. The number of piperidine rings is 1. The molecule has 0 bridgehead atoms. The van der Waals surface area contributed by atoms with Crippen LogP contribution >= 0.6 is 0 Å². The number of carbonyl (C=O) groups excluding carboxylic acids is 2. The van der Waals surface area contributed by atoms with Crippen molar-refractivity contribution < 1.29 is 14.3 Å². The Kier molecular flexibility index (Phi) is 5.16. The molecule has 114 valence electrons. The maximum Gasteiger partial charge on any atom is 0.404 e. The van der Waals surface area contributed by atoms with Gasteiger partial charge in [0.25, 0.3) is 0 Å². The molecule has 1 fully saturated rings. The Hall–Kier alpha value is -2.08. The number of carbonyl (C=O) groups is 2. The Morgan fingerprint density at radius 2 is 1.90 bits per heavy atom. The fraction of sp³-hybridized carbons (Fsp3) is 0.467. The lowest BCUT2D eigenvalue weighted by atomic mass is 9.72. The van der Waals surface area contributed by atoms with E-state index in [9.17, 15) is 9.59 Å². The molecule has 1 heterocycles. The summed E-state index contributed by atoms with van der Waals surface area (Å²) in [4.78, 5) is 23.2. The molecular formula is C15H21N3O3. The van der Waals surface area contributed by atoms with Crippen LogP contribution in [0.1, 0.15) is 18.4 Å². The summed E-state index contributed by atoms with van der Waals surface area (Å²) in [6.07, 6.45) is 0.669. The highest BCUT2D eigenvalue weighted by molar-refractivity contribution is 5.88. The van der Waals surface area contributed by atoms with E-state index in [1.807, 2.05) is 30.3 Å². The van der Waals surface area contributed by atoms with Gasteiger partial charge in [0.1, 0.15) is 6.61 Å². The first-order valence-corrected chi connectivity index (χ1v) is 7.12. The molecule has 1 saturated heterocycles. The van der Waals surface area contributed by atoms with Gasteiger partial charge >= 0.3 is 6.09 Å². The molecule has 1 aromatic rings. The molecule has 2 amide bonds. The van der Waals surface area contributed by atoms with Crippen LogP contribution < -0.4 is 16.4 Å². The van der Waals surface area contributed by atoms with E-state index < -0.39 is 11.5 Å². The van der Waals surface area contributed by atoms with Gasteiger partial charge in [0.2, 0.25) is 5.91 Å². The molecule has 0 spiro atoms. The molecule has 4 N–H and O–H groups in total. The third kappa shape index (κ3) is 3.72. The monoisotopic (exact) mass is 291 g/mol. The van der Waals surface area contributed by atoms with Gasteiger partial charge in [0.05, 0.1) is 12.0 Å². The second kappa shape index (κ2) is 7.08. The zero-order valence-electron chi connectivity index (χ0n) is 11.9. The first kappa shape index (κ1) is 15.3. The lowest BCUT2D eigenvalue weighted by Gasteiger charge is -2.36. The molecule has 2 rings (SSSR count). The van der Waals surface area contributed by atoms with Gasteiger partial charge in [-0.1, -0.05) is 30.3 Å². The van der Waals surface area contributed by atoms with Crippen LogP contribution in [-0.4, -0.2) is 38.2 Å². The average Bonchev–Trinajstić information content (AvgIpc) is 2.52. The first-order valence-electron chi connectivity index (χ1n) is 7.12. The van der Waals surface area contributed by atoms with Gasteiger partial charge < -0.3 is 21.1 Å². The smallest absolute Gasteiger partial charge is 0.404 e. The van der Waals surface area contributed by atoms with Gasteiger partial charge in [-0.2, -0.15) is 0 Å². The van der Waals surface area contributed by atoms with E-state index in [1.54, 1.807) is 0 Å². The van der Waals surface area contributed by atoms with Crippen molar-refractivity contribution in [1.82, 2.24) is 10.6 Å². The minimum atomic E-state index is -0.830. The van der Waals surface area contributed by atoms with Crippen molar-refractivity contribution in [2.24, 2.45) is 5.73 Å². The summed E-state index contributed by atoms with van der Waals surface area (Å²) in [6, 6.07) is 9.82. The van der Waals surface area contributed by atoms with Crippen molar-refractivity contribution >= 4 is 12.0 Å². The van der Waals surface area contributed by atoms with Crippen molar-refractivity contribution in [1.29, 1.82) is 0 Å². The minimum absolute atomic E-state index is 0.0247. The maximum atomic E-state index is 12.7. The molecule has 1 aromatic carbocycles. The van der Waals surface area contributed by atoms with Crippen molar-refractivity contribution in [2.75, 3.05) is 26.2 Å². The summed E-state index contributed by atoms with van der Waals surface area (Å²) in [7, 11) is 0. The number of rotatable bonds is 5. The van der Waals surface area contributed by atoms with E-state index in [2.05, 4.69) is 15.4 Å². The fourth-order valence-electron chi connectivity index (χ4n) is 2.74. The van der Waals surface area contributed by atoms with Gasteiger partial charge in [-0.25, -0.2) is 4.79 Å². The number of amides is 2. The summed E-state index contributed by atoms with van der Waals surface area (Å²) < 4.78 is 4.63. The Labute approximate surface area is 124 Å². The number of hydrogen-bond donors (Lipinski definition) is 3. The molecule has 0 saturated carbocycles. The highest BCUT2D eigenvalue weighted by Crippen LogP contribution is 2.33. The number of nitrogens with two attached hydrogens (primary N) is 1. The molecule has 1 aliphatic rings. The number of hydrogen-bond acceptors (Lipinski definition) is 4. The SMILES string of the molecule is NC(=O)OCCNC(=O)C1(c2ccccc2)CCNCC1. The molecule has 6 heteroatoms. The first-order chi connectivity index (χ1) is 10.1. The normalized spacial score (nSPS) is 17.0. The summed E-state index contributed by atoms with van der Waals surface area (Å²) in [5.74, 6) is -0.0247. The molecule has 1 aliphatic heterocycles. The quantitative estimate of drug-likeness (QED) is 0.689. The largest absolute Gasteiger partial charge is 0.448 e. The summed E-state index contributed by atoms with van der Waals surface area (Å²) in [6.45, 7) is 1.97. The predicted octanol–water partition coefficient (Wildman–Crippen LogP) is 0.519. The third-order valence-electron chi connectivity index (χ3n) is 3.85. The zero-order valence-corrected chi connectivity index (χ0v) is 11.9. The van der Waals surface area contributed by atoms with Crippen LogP contribution in [0.15, 0.2) is 30.3 Å². The van der Waals surface area contributed by atoms with Crippen molar-refractivity contribution in [2.45, 2.75) is 18.3 Å². The summed E-state index contributed by atoms with van der Waals surface area (Å²) in [5.41, 5.74) is 5.40. The van der Waals surface area contributed by atoms with Crippen molar-refractivity contribution in [3.05, 3.63) is 35.9 Å². The van der Waals surface area contributed by atoms with E-state index in [4.69, 9.17) is 5.73 Å². The molecule has 21 heavy (non-hydrogen) atoms. The zero-order chi connectivity index (χ0) is 15.1. The van der Waals surface area contributed by atoms with Gasteiger partial charge in [-0.3, -0.25) is 4.79 Å². The molecular weight excluding hydrogens is 270 g/mol. The minimum Gasteiger partial charge on any atom is -0.448 e. The van der Waals surface area contributed by atoms with Crippen molar-refractivity contribution in [3.63, 3.8) is 0 Å². The topological polar surface area (TPSA) is 93.5 Å². The van der Waals surface area contributed by atoms with Crippen LogP contribution in [0, 0.1) is 0 Å². The van der Waals surface area contributed by atoms with Crippen LogP contribution in [0.5, 0.6) is 0 Å². The van der Waals surface area contributed by atoms with Crippen LogP contribution in [0.2, 0.25) is 0 Å². The number of primary amides is 1. The van der Waals surface area contributed by atoms with E-state index in [0.29, 0.717) is 0 Å². The van der Waals surface area contributed by atoms with E-state index in [1.165, 1.54) is 0 Å². The Bertz CT molecular complexity index is 484. The standard InChI is InChI=1S/C15H21N3O3/c16-14(20)21-11-10-18-13(19)15(6-8-17-9-7-15)12-4-2-1-3-5-12/h1-5,17H,6-11H2,(H2,16,20)(H,18,19). The van der Waals surface area contributed by atoms with Crippen molar-refractivity contribution in [3.8, 4) is 0 Å². The van der Waals surface area contributed by atoms with Crippen LogP contribution in [0.4, 0.5) is 4.79 Å². The van der Waals surface area contributed by atoms with E-state index in [0.717, 1.165) is 31.5 Å². The summed E-state index contributed by atoms with van der Waals surface area (Å²) in [5, 5.41) is 6.13. The molecule has 0 unspecified atom stereocenters. The number of benzene rings is 1. The Balaban J connectivity index is 2.05. The van der Waals surface area contributed by atoms with Gasteiger partial charge in [0, 0.05) is 0 Å². The Morgan fingerprint density at radius 3 is 2.52 bits per heavy atom. The van der Waals surface area contributed by atoms with E-state index >= 15 is 0 Å². The predicted molar refractivity (Wildman–Crippen MR) is 78.8 cm³/mol. The highest BCUT2D eigenvalue weighted by atomic mass is 16.5. The highest BCUT2D eigenvalue weighted by Gasteiger charge is 2.40. The molecule has 0 aromatic heterocycles.